The van der Waals surface area contributed by atoms with Gasteiger partial charge in [-0.15, -0.1) is 11.6 Å². The highest BCUT2D eigenvalue weighted by molar-refractivity contribution is 6.20. The largest absolute Gasteiger partial charge is 0.388 e. The molecular formula is C19H27ClO. The molecule has 3 aliphatic carbocycles. The Hall–Kier alpha value is -0.530. The van der Waals surface area contributed by atoms with E-state index in [4.69, 9.17) is 11.6 Å². The molecule has 3 rings (SSSR count). The van der Waals surface area contributed by atoms with Crippen molar-refractivity contribution in [2.24, 2.45) is 11.8 Å². The van der Waals surface area contributed by atoms with Crippen LogP contribution in [0.5, 0.6) is 0 Å². The number of hydrogen-bond donors (Lipinski definition) is 1. The lowest BCUT2D eigenvalue weighted by Crippen LogP contribution is -2.24. The van der Waals surface area contributed by atoms with E-state index < -0.39 is 0 Å². The third-order valence-electron chi connectivity index (χ3n) is 5.48. The Morgan fingerprint density at radius 3 is 2.57 bits per heavy atom. The molecule has 3 unspecified atom stereocenters. The van der Waals surface area contributed by atoms with Crippen molar-refractivity contribution in [2.45, 2.75) is 69.3 Å². The molecular weight excluding hydrogens is 280 g/mol. The summed E-state index contributed by atoms with van der Waals surface area (Å²) in [5.41, 5.74) is 2.61. The molecule has 2 saturated carbocycles. The molecule has 0 radical (unpaired) electrons. The molecule has 2 fully saturated rings. The van der Waals surface area contributed by atoms with Gasteiger partial charge in [0.2, 0.25) is 0 Å². The normalized spacial score (nSPS) is 32.5. The lowest BCUT2D eigenvalue weighted by atomic mass is 9.82. The van der Waals surface area contributed by atoms with Gasteiger partial charge in [-0.2, -0.15) is 0 Å². The van der Waals surface area contributed by atoms with Crippen molar-refractivity contribution in [3.05, 3.63) is 35.5 Å². The van der Waals surface area contributed by atoms with E-state index in [-0.39, 0.29) is 6.10 Å². The standard InChI is InChI=1S/C19H27ClO/c20-18-12-11-17(13-18)14-7-4-8-16(10-9-14)19(21)15-5-2-1-3-6-15/h4,8-10,15,17-19,21H,1-3,5-7,11-13H2. The minimum absolute atomic E-state index is 0.276. The van der Waals surface area contributed by atoms with Crippen LogP contribution in [0.25, 0.3) is 0 Å². The molecule has 3 atom stereocenters. The number of aliphatic hydroxyl groups is 1. The minimum Gasteiger partial charge on any atom is -0.388 e. The van der Waals surface area contributed by atoms with Crippen LogP contribution in [0.15, 0.2) is 35.5 Å². The van der Waals surface area contributed by atoms with Gasteiger partial charge < -0.3 is 5.11 Å². The van der Waals surface area contributed by atoms with Crippen molar-refractivity contribution in [1.82, 2.24) is 0 Å². The third kappa shape index (κ3) is 3.81. The zero-order valence-corrected chi connectivity index (χ0v) is 13.6. The number of hydrogen-bond acceptors (Lipinski definition) is 1. The summed E-state index contributed by atoms with van der Waals surface area (Å²) in [6.45, 7) is 0. The molecule has 1 nitrogen and oxygen atoms in total. The molecule has 0 heterocycles. The average Bonchev–Trinajstić information content (AvgIpc) is 2.81. The van der Waals surface area contributed by atoms with E-state index in [1.807, 2.05) is 0 Å². The Morgan fingerprint density at radius 2 is 1.86 bits per heavy atom. The molecule has 0 bridgehead atoms. The van der Waals surface area contributed by atoms with Crippen molar-refractivity contribution in [3.63, 3.8) is 0 Å². The third-order valence-corrected chi connectivity index (χ3v) is 5.88. The monoisotopic (exact) mass is 306 g/mol. The van der Waals surface area contributed by atoms with Crippen LogP contribution >= 0.6 is 11.6 Å². The van der Waals surface area contributed by atoms with Crippen molar-refractivity contribution < 1.29 is 5.11 Å². The van der Waals surface area contributed by atoms with Crippen LogP contribution in [0.2, 0.25) is 0 Å². The van der Waals surface area contributed by atoms with Crippen LogP contribution in [-0.2, 0) is 0 Å². The summed E-state index contributed by atoms with van der Waals surface area (Å²) < 4.78 is 0. The summed E-state index contributed by atoms with van der Waals surface area (Å²) >= 11 is 6.25. The quantitative estimate of drug-likeness (QED) is 0.715. The fourth-order valence-electron chi connectivity index (χ4n) is 4.14. The second kappa shape index (κ2) is 7.15. The van der Waals surface area contributed by atoms with Gasteiger partial charge in [-0.3, -0.25) is 0 Å². The van der Waals surface area contributed by atoms with Gasteiger partial charge in [0, 0.05) is 5.38 Å². The summed E-state index contributed by atoms with van der Waals surface area (Å²) in [5.74, 6) is 1.11. The van der Waals surface area contributed by atoms with Gasteiger partial charge in [0.25, 0.3) is 0 Å². The van der Waals surface area contributed by atoms with E-state index in [0.29, 0.717) is 17.2 Å². The van der Waals surface area contributed by atoms with Crippen LogP contribution in [0.3, 0.4) is 0 Å². The molecule has 0 saturated heterocycles. The zero-order valence-electron chi connectivity index (χ0n) is 12.8. The van der Waals surface area contributed by atoms with Gasteiger partial charge in [-0.1, -0.05) is 49.1 Å². The molecule has 0 aliphatic heterocycles. The maximum atomic E-state index is 10.6. The number of aliphatic hydroxyl groups excluding tert-OH is 1. The highest BCUT2D eigenvalue weighted by atomic mass is 35.5. The smallest absolute Gasteiger partial charge is 0.0818 e. The maximum Gasteiger partial charge on any atom is 0.0818 e. The summed E-state index contributed by atoms with van der Waals surface area (Å²) in [5, 5.41) is 11.0. The molecule has 0 spiro atoms. The highest BCUT2D eigenvalue weighted by Crippen LogP contribution is 2.37. The molecule has 0 aromatic carbocycles. The van der Waals surface area contributed by atoms with Crippen LogP contribution in [0.1, 0.15) is 57.8 Å². The maximum absolute atomic E-state index is 10.6. The Balaban J connectivity index is 1.68. The van der Waals surface area contributed by atoms with Gasteiger partial charge in [-0.05, 0) is 55.9 Å². The van der Waals surface area contributed by atoms with Gasteiger partial charge in [0.05, 0.1) is 6.10 Å². The molecule has 2 heteroatoms. The van der Waals surface area contributed by atoms with Crippen molar-refractivity contribution in [1.29, 1.82) is 0 Å². The molecule has 3 aliphatic rings. The predicted octanol–water partition coefficient (Wildman–Crippen LogP) is 5.15. The van der Waals surface area contributed by atoms with E-state index in [9.17, 15) is 5.11 Å². The van der Waals surface area contributed by atoms with E-state index >= 15 is 0 Å². The SMILES string of the molecule is OC(C1=CC=C(C2CCC(Cl)C2)CC=C1)C1CCCCC1. The Labute approximate surface area is 133 Å². The summed E-state index contributed by atoms with van der Waals surface area (Å²) in [7, 11) is 0. The first-order valence-electron chi connectivity index (χ1n) is 8.63. The number of halogens is 1. The second-order valence-electron chi connectivity index (χ2n) is 6.96. The first kappa shape index (κ1) is 15.4. The number of allylic oxidation sites excluding steroid dienone is 4. The highest BCUT2D eigenvalue weighted by Gasteiger charge is 2.27. The Kier molecular flexibility index (Phi) is 5.24. The first-order valence-corrected chi connectivity index (χ1v) is 9.07. The van der Waals surface area contributed by atoms with Crippen molar-refractivity contribution in [2.75, 3.05) is 0 Å². The van der Waals surface area contributed by atoms with E-state index in [2.05, 4.69) is 24.3 Å². The van der Waals surface area contributed by atoms with Crippen LogP contribution in [-0.4, -0.2) is 16.6 Å². The molecule has 0 amide bonds. The average molecular weight is 307 g/mol. The lowest BCUT2D eigenvalue weighted by Gasteiger charge is -2.27. The Morgan fingerprint density at radius 1 is 1.05 bits per heavy atom. The summed E-state index contributed by atoms with van der Waals surface area (Å²) in [6, 6.07) is 0. The predicted molar refractivity (Wildman–Crippen MR) is 89.5 cm³/mol. The van der Waals surface area contributed by atoms with Gasteiger partial charge in [0.15, 0.2) is 0 Å². The first-order chi connectivity index (χ1) is 10.2. The minimum atomic E-state index is -0.276. The number of alkyl halides is 1. The van der Waals surface area contributed by atoms with E-state index in [1.165, 1.54) is 44.1 Å². The second-order valence-corrected chi connectivity index (χ2v) is 7.58. The van der Waals surface area contributed by atoms with Crippen LogP contribution in [0, 0.1) is 11.8 Å². The lowest BCUT2D eigenvalue weighted by molar-refractivity contribution is 0.118. The Bertz CT molecular complexity index is 442. The van der Waals surface area contributed by atoms with Gasteiger partial charge in [0.1, 0.15) is 0 Å². The van der Waals surface area contributed by atoms with Crippen molar-refractivity contribution in [3.8, 4) is 0 Å². The van der Waals surface area contributed by atoms with Crippen LogP contribution < -0.4 is 0 Å². The summed E-state index contributed by atoms with van der Waals surface area (Å²) in [6.07, 6.45) is 19.3. The topological polar surface area (TPSA) is 20.2 Å². The molecule has 21 heavy (non-hydrogen) atoms. The van der Waals surface area contributed by atoms with Gasteiger partial charge >= 0.3 is 0 Å². The summed E-state index contributed by atoms with van der Waals surface area (Å²) in [4.78, 5) is 0. The van der Waals surface area contributed by atoms with E-state index in [0.717, 1.165) is 24.8 Å². The van der Waals surface area contributed by atoms with Crippen LogP contribution in [0.4, 0.5) is 0 Å². The molecule has 0 aromatic heterocycles. The molecule has 0 aromatic rings. The van der Waals surface area contributed by atoms with Gasteiger partial charge in [-0.25, -0.2) is 0 Å². The fraction of sp³-hybridized carbons (Fsp3) is 0.684. The molecule has 116 valence electrons. The number of rotatable bonds is 3. The van der Waals surface area contributed by atoms with E-state index in [1.54, 1.807) is 0 Å². The van der Waals surface area contributed by atoms with Crippen molar-refractivity contribution >= 4 is 11.6 Å². The fourth-order valence-corrected chi connectivity index (χ4v) is 4.48. The zero-order chi connectivity index (χ0) is 14.7. The molecule has 1 N–H and O–H groups in total.